The van der Waals surface area contributed by atoms with Gasteiger partial charge in [0, 0.05) is 5.69 Å². The number of nitrogen functional groups attached to an aromatic ring is 1. The molecule has 0 heterocycles. The van der Waals surface area contributed by atoms with Crippen LogP contribution in [-0.2, 0) is 10.1 Å². The van der Waals surface area contributed by atoms with Crippen LogP contribution in [0.5, 0.6) is 0 Å². The summed E-state index contributed by atoms with van der Waals surface area (Å²) in [7, 11) is -4.36. The number of nitrogens with two attached hydrogens (primary N) is 1. The second-order valence-corrected chi connectivity index (χ2v) is 3.41. The summed E-state index contributed by atoms with van der Waals surface area (Å²) in [6.07, 6.45) is 0. The van der Waals surface area contributed by atoms with E-state index in [1.54, 1.807) is 0 Å². The molecule has 1 aromatic carbocycles. The third-order valence-corrected chi connectivity index (χ3v) is 1.98. The second kappa shape index (κ2) is 3.96. The van der Waals surface area contributed by atoms with Gasteiger partial charge in [-0.3, -0.25) is 0 Å². The number of rotatable bonds is 1. The van der Waals surface area contributed by atoms with E-state index in [1.165, 1.54) is 18.2 Å². The van der Waals surface area contributed by atoms with Gasteiger partial charge in [-0.25, -0.2) is 8.42 Å². The van der Waals surface area contributed by atoms with Crippen LogP contribution in [-0.4, -0.2) is 13.0 Å². The van der Waals surface area contributed by atoms with E-state index >= 15 is 0 Å². The smallest absolute Gasteiger partial charge is 0.744 e. The number of hydrogen-bond acceptors (Lipinski definition) is 4. The Morgan fingerprint density at radius 2 is 1.92 bits per heavy atom. The molecule has 0 unspecified atom stereocenters. The van der Waals surface area contributed by atoms with Crippen LogP contribution in [0.2, 0.25) is 0 Å². The van der Waals surface area contributed by atoms with E-state index in [1.807, 2.05) is 0 Å². The first-order valence-corrected chi connectivity index (χ1v) is 4.22. The summed E-state index contributed by atoms with van der Waals surface area (Å²) in [6.45, 7) is 0. The summed E-state index contributed by atoms with van der Waals surface area (Å²) >= 11 is 0. The molecule has 1 aromatic rings. The van der Waals surface area contributed by atoms with Crippen LogP contribution in [0.25, 0.3) is 0 Å². The van der Waals surface area contributed by atoms with Crippen LogP contribution in [0, 0.1) is 0 Å². The quantitative estimate of drug-likeness (QED) is 0.286. The Morgan fingerprint density at radius 1 is 1.33 bits per heavy atom. The number of anilines is 1. The minimum atomic E-state index is -4.36. The third kappa shape index (κ3) is 2.87. The topological polar surface area (TPSA) is 83.2 Å². The van der Waals surface area contributed by atoms with Gasteiger partial charge in [0.1, 0.15) is 10.1 Å². The molecule has 0 saturated carbocycles. The van der Waals surface area contributed by atoms with Gasteiger partial charge in [0.2, 0.25) is 0 Å². The third-order valence-electron chi connectivity index (χ3n) is 1.15. The van der Waals surface area contributed by atoms with E-state index in [4.69, 9.17) is 5.73 Å². The molecule has 0 amide bonds. The van der Waals surface area contributed by atoms with Crippen molar-refractivity contribution < 1.29 is 31.8 Å². The Bertz CT molecular complexity index is 363. The standard InChI is InChI=1S/C6H7NO3S.Li/c7-5-2-1-3-6(4-5)11(8,9)10;/h1-4H,7H2,(H,8,9,10);/q;+1/p-1. The van der Waals surface area contributed by atoms with Gasteiger partial charge < -0.3 is 10.3 Å². The molecule has 0 aliphatic heterocycles. The average molecular weight is 179 g/mol. The summed E-state index contributed by atoms with van der Waals surface area (Å²) in [5.74, 6) is 0. The minimum Gasteiger partial charge on any atom is -0.744 e. The van der Waals surface area contributed by atoms with Crippen molar-refractivity contribution in [2.75, 3.05) is 5.73 Å². The predicted molar refractivity (Wildman–Crippen MR) is 38.8 cm³/mol. The molecule has 12 heavy (non-hydrogen) atoms. The van der Waals surface area contributed by atoms with Crippen LogP contribution in [0.4, 0.5) is 5.69 Å². The molecule has 0 fully saturated rings. The van der Waals surface area contributed by atoms with Crippen molar-refractivity contribution in [3.05, 3.63) is 24.3 Å². The molecular weight excluding hydrogens is 173 g/mol. The van der Waals surface area contributed by atoms with Gasteiger partial charge in [-0.2, -0.15) is 0 Å². The fourth-order valence-electron chi connectivity index (χ4n) is 0.670. The van der Waals surface area contributed by atoms with Crippen LogP contribution >= 0.6 is 0 Å². The Hall–Kier alpha value is -0.473. The average Bonchev–Trinajstić information content (AvgIpc) is 1.86. The zero-order chi connectivity index (χ0) is 8.48. The molecule has 0 bridgehead atoms. The van der Waals surface area contributed by atoms with Gasteiger partial charge in [0.25, 0.3) is 0 Å². The molecule has 4 nitrogen and oxygen atoms in total. The first-order chi connectivity index (χ1) is 5.00. The molecule has 0 aliphatic rings. The van der Waals surface area contributed by atoms with Crippen LogP contribution in [0.3, 0.4) is 0 Å². The Labute approximate surface area is 82.7 Å². The molecule has 60 valence electrons. The SMILES string of the molecule is Nc1cccc(S(=O)(=O)[O-])c1.[Li+]. The summed E-state index contributed by atoms with van der Waals surface area (Å²) < 4.78 is 31.1. The van der Waals surface area contributed by atoms with Crippen molar-refractivity contribution in [1.29, 1.82) is 0 Å². The second-order valence-electron chi connectivity index (χ2n) is 2.03. The van der Waals surface area contributed by atoms with Gasteiger partial charge in [0.15, 0.2) is 0 Å². The van der Waals surface area contributed by atoms with Crippen molar-refractivity contribution in [1.82, 2.24) is 0 Å². The van der Waals surface area contributed by atoms with E-state index in [0.717, 1.165) is 6.07 Å². The van der Waals surface area contributed by atoms with Crippen molar-refractivity contribution in [3.63, 3.8) is 0 Å². The molecule has 0 aliphatic carbocycles. The summed E-state index contributed by atoms with van der Waals surface area (Å²) in [6, 6.07) is 5.26. The van der Waals surface area contributed by atoms with Crippen molar-refractivity contribution in [3.8, 4) is 0 Å². The first kappa shape index (κ1) is 11.5. The largest absolute Gasteiger partial charge is 1.00 e. The Morgan fingerprint density at radius 3 is 2.25 bits per heavy atom. The first-order valence-electron chi connectivity index (χ1n) is 2.81. The molecule has 0 aromatic heterocycles. The van der Waals surface area contributed by atoms with E-state index in [0.29, 0.717) is 0 Å². The van der Waals surface area contributed by atoms with Gasteiger partial charge in [-0.15, -0.1) is 0 Å². The normalized spacial score (nSPS) is 10.4. The maximum Gasteiger partial charge on any atom is 1.00 e. The number of hydrogen-bond donors (Lipinski definition) is 1. The van der Waals surface area contributed by atoms with Crippen LogP contribution < -0.4 is 24.6 Å². The monoisotopic (exact) mass is 179 g/mol. The van der Waals surface area contributed by atoms with Crippen LogP contribution in [0.1, 0.15) is 0 Å². The Kier molecular flexibility index (Phi) is 3.81. The fraction of sp³-hybridized carbons (Fsp3) is 0. The van der Waals surface area contributed by atoms with E-state index in [-0.39, 0.29) is 29.4 Å². The molecule has 1 rings (SSSR count). The predicted octanol–water partition coefficient (Wildman–Crippen LogP) is -2.82. The summed E-state index contributed by atoms with van der Waals surface area (Å²) in [5, 5.41) is 0. The van der Waals surface area contributed by atoms with Gasteiger partial charge >= 0.3 is 18.9 Å². The Balaban J connectivity index is 0.00000121. The fourth-order valence-corrected chi connectivity index (χ4v) is 1.20. The molecule has 0 atom stereocenters. The molecule has 0 radical (unpaired) electrons. The summed E-state index contributed by atoms with van der Waals surface area (Å²) in [5.41, 5.74) is 5.52. The van der Waals surface area contributed by atoms with Crippen molar-refractivity contribution in [2.45, 2.75) is 4.90 Å². The molecule has 0 spiro atoms. The zero-order valence-electron chi connectivity index (χ0n) is 6.52. The minimum absolute atomic E-state index is 0. The van der Waals surface area contributed by atoms with Gasteiger partial charge in [0.05, 0.1) is 4.90 Å². The maximum absolute atomic E-state index is 10.4. The van der Waals surface area contributed by atoms with E-state index in [9.17, 15) is 13.0 Å². The molecular formula is C6H6LiNO3S. The molecule has 2 N–H and O–H groups in total. The maximum atomic E-state index is 10.4. The van der Waals surface area contributed by atoms with Crippen LogP contribution in [0.15, 0.2) is 29.2 Å². The zero-order valence-corrected chi connectivity index (χ0v) is 7.34. The molecule has 6 heteroatoms. The van der Waals surface area contributed by atoms with E-state index < -0.39 is 10.1 Å². The van der Waals surface area contributed by atoms with Crippen molar-refractivity contribution >= 4 is 15.8 Å². The van der Waals surface area contributed by atoms with Gasteiger partial charge in [-0.1, -0.05) is 6.07 Å². The molecule has 0 saturated heterocycles. The number of benzene rings is 1. The summed E-state index contributed by atoms with van der Waals surface area (Å²) in [4.78, 5) is -0.294. The van der Waals surface area contributed by atoms with Gasteiger partial charge in [-0.05, 0) is 18.2 Å². The van der Waals surface area contributed by atoms with E-state index in [2.05, 4.69) is 0 Å². The van der Waals surface area contributed by atoms with Crippen molar-refractivity contribution in [2.24, 2.45) is 0 Å².